The third-order valence-corrected chi connectivity index (χ3v) is 6.64. The minimum atomic E-state index is -0.930. The molecule has 0 bridgehead atoms. The van der Waals surface area contributed by atoms with Crippen LogP contribution < -0.4 is 10.6 Å². The van der Waals surface area contributed by atoms with Crippen molar-refractivity contribution in [2.45, 2.75) is 64.8 Å². The summed E-state index contributed by atoms with van der Waals surface area (Å²) in [4.78, 5) is 36.3. The van der Waals surface area contributed by atoms with Crippen molar-refractivity contribution < 1.29 is 24.2 Å². The molecule has 3 N–H and O–H groups in total. The van der Waals surface area contributed by atoms with Crippen LogP contribution in [-0.4, -0.2) is 42.3 Å². The van der Waals surface area contributed by atoms with Gasteiger partial charge in [0.2, 0.25) is 5.91 Å². The van der Waals surface area contributed by atoms with Gasteiger partial charge in [-0.25, -0.2) is 4.79 Å². The molecule has 0 saturated carbocycles. The Balaban J connectivity index is 1.48. The Morgan fingerprint density at radius 2 is 1.63 bits per heavy atom. The Hall–Kier alpha value is -3.35. The first-order chi connectivity index (χ1) is 16.7. The number of carbonyl (C=O) groups is 3. The summed E-state index contributed by atoms with van der Waals surface area (Å²) in [5, 5.41) is 14.8. The van der Waals surface area contributed by atoms with Crippen LogP contribution >= 0.6 is 0 Å². The summed E-state index contributed by atoms with van der Waals surface area (Å²) in [6.45, 7) is 6.12. The van der Waals surface area contributed by atoms with Crippen LogP contribution in [-0.2, 0) is 14.3 Å². The molecule has 1 aliphatic carbocycles. The number of carboxylic acid groups (broad SMARTS) is 1. The quantitative estimate of drug-likeness (QED) is 0.392. The number of carboxylic acids is 1. The summed E-state index contributed by atoms with van der Waals surface area (Å²) in [6.07, 6.45) is 2.19. The Morgan fingerprint density at radius 1 is 1.03 bits per heavy atom. The highest BCUT2D eigenvalue weighted by Crippen LogP contribution is 2.44. The summed E-state index contributed by atoms with van der Waals surface area (Å²) < 4.78 is 5.55. The lowest BCUT2D eigenvalue weighted by Gasteiger charge is -2.27. The van der Waals surface area contributed by atoms with Gasteiger partial charge in [-0.3, -0.25) is 9.59 Å². The third-order valence-electron chi connectivity index (χ3n) is 6.64. The van der Waals surface area contributed by atoms with E-state index in [0.29, 0.717) is 12.8 Å². The molecular formula is C28H36N2O5. The molecule has 0 radical (unpaired) electrons. The van der Waals surface area contributed by atoms with Gasteiger partial charge >= 0.3 is 12.1 Å². The van der Waals surface area contributed by atoms with Gasteiger partial charge in [0, 0.05) is 23.9 Å². The van der Waals surface area contributed by atoms with Gasteiger partial charge in [0.25, 0.3) is 0 Å². The lowest BCUT2D eigenvalue weighted by Crippen LogP contribution is -2.45. The number of rotatable bonds is 12. The zero-order valence-corrected chi connectivity index (χ0v) is 20.8. The van der Waals surface area contributed by atoms with E-state index in [4.69, 9.17) is 9.84 Å². The molecule has 2 amide bonds. The van der Waals surface area contributed by atoms with Crippen LogP contribution in [0.3, 0.4) is 0 Å². The number of hydrogen-bond donors (Lipinski definition) is 3. The maximum Gasteiger partial charge on any atom is 0.407 e. The Morgan fingerprint density at radius 3 is 2.20 bits per heavy atom. The molecule has 0 unspecified atom stereocenters. The highest BCUT2D eigenvalue weighted by atomic mass is 16.5. The van der Waals surface area contributed by atoms with Crippen LogP contribution in [0.4, 0.5) is 4.79 Å². The number of nitrogens with one attached hydrogen (secondary N) is 2. The smallest absolute Gasteiger partial charge is 0.407 e. The zero-order chi connectivity index (χ0) is 25.4. The first-order valence-corrected chi connectivity index (χ1v) is 12.3. The lowest BCUT2D eigenvalue weighted by molar-refractivity contribution is -0.138. The first-order valence-electron chi connectivity index (χ1n) is 12.3. The van der Waals surface area contributed by atoms with E-state index in [1.54, 1.807) is 13.8 Å². The van der Waals surface area contributed by atoms with Crippen LogP contribution in [0.1, 0.15) is 69.9 Å². The number of unbranched alkanes of at least 4 members (excludes halogenated alkanes) is 1. The van der Waals surface area contributed by atoms with E-state index in [1.807, 2.05) is 31.2 Å². The molecule has 2 aromatic rings. The van der Waals surface area contributed by atoms with Gasteiger partial charge in [0.1, 0.15) is 6.61 Å². The number of aliphatic carboxylic acids is 1. The minimum absolute atomic E-state index is 0.00958. The summed E-state index contributed by atoms with van der Waals surface area (Å²) in [5.74, 6) is -1.15. The fourth-order valence-corrected chi connectivity index (χ4v) is 4.51. The highest BCUT2D eigenvalue weighted by molar-refractivity contribution is 5.83. The van der Waals surface area contributed by atoms with Crippen LogP contribution in [0.2, 0.25) is 0 Å². The number of fused-ring (bicyclic) bond motifs is 3. The summed E-state index contributed by atoms with van der Waals surface area (Å²) in [7, 11) is 0. The van der Waals surface area contributed by atoms with Gasteiger partial charge in [-0.2, -0.15) is 0 Å². The van der Waals surface area contributed by atoms with E-state index >= 15 is 0 Å². The van der Waals surface area contributed by atoms with Crippen molar-refractivity contribution >= 4 is 18.0 Å². The second kappa shape index (κ2) is 11.9. The fraction of sp³-hybridized carbons (Fsp3) is 0.464. The van der Waals surface area contributed by atoms with Gasteiger partial charge in [0.05, 0.1) is 6.42 Å². The Bertz CT molecular complexity index is 1000. The molecular weight excluding hydrogens is 444 g/mol. The molecule has 3 rings (SSSR count). The van der Waals surface area contributed by atoms with E-state index in [1.165, 1.54) is 11.1 Å². The zero-order valence-electron chi connectivity index (χ0n) is 20.8. The van der Waals surface area contributed by atoms with Gasteiger partial charge in [-0.05, 0) is 35.1 Å². The molecule has 0 fully saturated rings. The predicted molar refractivity (Wildman–Crippen MR) is 135 cm³/mol. The monoisotopic (exact) mass is 480 g/mol. The molecule has 0 aliphatic heterocycles. The van der Waals surface area contributed by atoms with Crippen molar-refractivity contribution in [1.82, 2.24) is 10.6 Å². The van der Waals surface area contributed by atoms with E-state index < -0.39 is 23.5 Å². The number of amides is 2. The summed E-state index contributed by atoms with van der Waals surface area (Å²) >= 11 is 0. The molecule has 1 atom stereocenters. The Kier molecular flexibility index (Phi) is 8.90. The molecule has 188 valence electrons. The van der Waals surface area contributed by atoms with Crippen molar-refractivity contribution in [2.24, 2.45) is 5.41 Å². The van der Waals surface area contributed by atoms with E-state index in [2.05, 4.69) is 34.9 Å². The summed E-state index contributed by atoms with van der Waals surface area (Å²) in [5.41, 5.74) is 3.88. The summed E-state index contributed by atoms with van der Waals surface area (Å²) in [6, 6.07) is 15.9. The second-order valence-corrected chi connectivity index (χ2v) is 9.80. The lowest BCUT2D eigenvalue weighted by atomic mass is 9.87. The number of carbonyl (C=O) groups excluding carboxylic acids is 2. The van der Waals surface area contributed by atoms with Crippen LogP contribution in [0.25, 0.3) is 11.1 Å². The van der Waals surface area contributed by atoms with Crippen LogP contribution in [0.15, 0.2) is 48.5 Å². The SMILES string of the molecule is CCCC[C@@H](CC(=O)O)NC(=O)C(C)(C)CCNC(=O)OCC1c2ccccc2-c2ccccc21. The topological polar surface area (TPSA) is 105 Å². The second-order valence-electron chi connectivity index (χ2n) is 9.80. The van der Waals surface area contributed by atoms with Crippen LogP contribution in [0.5, 0.6) is 0 Å². The molecule has 2 aromatic carbocycles. The van der Waals surface area contributed by atoms with Crippen LogP contribution in [0, 0.1) is 5.41 Å². The maximum atomic E-state index is 12.8. The van der Waals surface area contributed by atoms with Crippen molar-refractivity contribution in [3.63, 3.8) is 0 Å². The fourth-order valence-electron chi connectivity index (χ4n) is 4.51. The number of benzene rings is 2. The number of hydrogen-bond acceptors (Lipinski definition) is 4. The first kappa shape index (κ1) is 26.3. The largest absolute Gasteiger partial charge is 0.481 e. The normalized spacial score (nSPS) is 13.5. The van der Waals surface area contributed by atoms with Crippen molar-refractivity contribution in [2.75, 3.05) is 13.2 Å². The van der Waals surface area contributed by atoms with Crippen molar-refractivity contribution in [3.8, 4) is 11.1 Å². The van der Waals surface area contributed by atoms with E-state index in [-0.39, 0.29) is 31.4 Å². The molecule has 7 heteroatoms. The third kappa shape index (κ3) is 6.84. The Labute approximate surface area is 207 Å². The molecule has 1 aliphatic rings. The molecule has 0 saturated heterocycles. The minimum Gasteiger partial charge on any atom is -0.481 e. The van der Waals surface area contributed by atoms with Crippen molar-refractivity contribution in [3.05, 3.63) is 59.7 Å². The van der Waals surface area contributed by atoms with E-state index in [0.717, 1.165) is 24.0 Å². The number of alkyl carbamates (subject to hydrolysis) is 1. The molecule has 0 heterocycles. The predicted octanol–water partition coefficient (Wildman–Crippen LogP) is 5.09. The van der Waals surface area contributed by atoms with Gasteiger partial charge < -0.3 is 20.5 Å². The highest BCUT2D eigenvalue weighted by Gasteiger charge is 2.31. The average Bonchev–Trinajstić information content (AvgIpc) is 3.14. The van der Waals surface area contributed by atoms with Gasteiger partial charge in [0.15, 0.2) is 0 Å². The molecule has 7 nitrogen and oxygen atoms in total. The van der Waals surface area contributed by atoms with Gasteiger partial charge in [-0.15, -0.1) is 0 Å². The number of ether oxygens (including phenoxy) is 1. The standard InChI is InChI=1S/C28H36N2O5/c1-4-5-10-19(17-25(31)32)30-26(33)28(2,3)15-16-29-27(34)35-18-24-22-13-8-6-11-20(22)21-12-7-9-14-23(21)24/h6-9,11-14,19,24H,4-5,10,15-18H2,1-3H3,(H,29,34)(H,30,33)(H,31,32)/t19-/m0/s1. The molecule has 0 aromatic heterocycles. The molecule has 35 heavy (non-hydrogen) atoms. The molecule has 0 spiro atoms. The average molecular weight is 481 g/mol. The van der Waals surface area contributed by atoms with Crippen molar-refractivity contribution in [1.29, 1.82) is 0 Å². The van der Waals surface area contributed by atoms with E-state index in [9.17, 15) is 14.4 Å². The maximum absolute atomic E-state index is 12.8. The van der Waals surface area contributed by atoms with Gasteiger partial charge in [-0.1, -0.05) is 82.1 Å².